The first-order valence-corrected chi connectivity index (χ1v) is 6.05. The van der Waals surface area contributed by atoms with Gasteiger partial charge < -0.3 is 14.8 Å². The summed E-state index contributed by atoms with van der Waals surface area (Å²) in [6.45, 7) is 1.95. The number of hydrogen-bond donors (Lipinski definition) is 1. The van der Waals surface area contributed by atoms with Crippen LogP contribution < -0.4 is 14.8 Å². The Morgan fingerprint density at radius 2 is 2.00 bits per heavy atom. The molecule has 0 radical (unpaired) electrons. The number of ether oxygens (including phenoxy) is 2. The van der Waals surface area contributed by atoms with Crippen LogP contribution in [0, 0.1) is 0 Å². The molecule has 0 unspecified atom stereocenters. The monoisotopic (exact) mass is 271 g/mol. The molecule has 1 rings (SSSR count). The van der Waals surface area contributed by atoms with E-state index in [9.17, 15) is 8.78 Å². The van der Waals surface area contributed by atoms with Gasteiger partial charge >= 0.3 is 6.61 Å². The Morgan fingerprint density at radius 1 is 1.26 bits per heavy atom. The molecule has 0 aliphatic rings. The van der Waals surface area contributed by atoms with Crippen LogP contribution >= 0.6 is 0 Å². The molecular formula is C14H19F2NO2. The van der Waals surface area contributed by atoms with Crippen LogP contribution in [0.5, 0.6) is 11.5 Å². The third-order valence-electron chi connectivity index (χ3n) is 2.36. The highest BCUT2D eigenvalue weighted by molar-refractivity contribution is 5.56. The zero-order valence-corrected chi connectivity index (χ0v) is 11.3. The van der Waals surface area contributed by atoms with E-state index in [0.29, 0.717) is 12.6 Å². The van der Waals surface area contributed by atoms with Crippen molar-refractivity contribution in [2.75, 3.05) is 13.7 Å². The van der Waals surface area contributed by atoms with Crippen LogP contribution in [0.25, 0.3) is 6.08 Å². The average molecular weight is 271 g/mol. The van der Waals surface area contributed by atoms with Gasteiger partial charge in [-0.25, -0.2) is 0 Å². The van der Waals surface area contributed by atoms with Crippen LogP contribution in [0.4, 0.5) is 8.78 Å². The number of hydrogen-bond acceptors (Lipinski definition) is 3. The molecule has 1 aromatic rings. The van der Waals surface area contributed by atoms with Crippen LogP contribution in [0.2, 0.25) is 0 Å². The minimum absolute atomic E-state index is 0.0384. The molecule has 0 saturated heterocycles. The van der Waals surface area contributed by atoms with Gasteiger partial charge in [0, 0.05) is 12.6 Å². The van der Waals surface area contributed by atoms with Gasteiger partial charge in [-0.3, -0.25) is 0 Å². The van der Waals surface area contributed by atoms with Crippen molar-refractivity contribution in [2.24, 2.45) is 0 Å². The number of nitrogens with one attached hydrogen (secondary N) is 1. The van der Waals surface area contributed by atoms with Crippen molar-refractivity contribution in [1.82, 2.24) is 5.32 Å². The summed E-state index contributed by atoms with van der Waals surface area (Å²) in [5.41, 5.74) is 0.780. The van der Waals surface area contributed by atoms with Crippen molar-refractivity contribution in [2.45, 2.75) is 26.5 Å². The van der Waals surface area contributed by atoms with Crippen molar-refractivity contribution in [3.63, 3.8) is 0 Å². The molecule has 1 N–H and O–H groups in total. The van der Waals surface area contributed by atoms with E-state index < -0.39 is 6.61 Å². The summed E-state index contributed by atoms with van der Waals surface area (Å²) >= 11 is 0. The number of rotatable bonds is 7. The maximum atomic E-state index is 12.3. The third-order valence-corrected chi connectivity index (χ3v) is 2.36. The van der Waals surface area contributed by atoms with Gasteiger partial charge in [-0.05, 0) is 17.7 Å². The van der Waals surface area contributed by atoms with Gasteiger partial charge in [-0.15, -0.1) is 0 Å². The van der Waals surface area contributed by atoms with Gasteiger partial charge in [0.15, 0.2) is 11.5 Å². The Labute approximate surface area is 112 Å². The van der Waals surface area contributed by atoms with E-state index in [1.54, 1.807) is 12.1 Å². The summed E-state index contributed by atoms with van der Waals surface area (Å²) in [7, 11) is 1.41. The Hall–Kier alpha value is -1.62. The fourth-order valence-corrected chi connectivity index (χ4v) is 1.48. The van der Waals surface area contributed by atoms with E-state index in [1.807, 2.05) is 12.2 Å². The quantitative estimate of drug-likeness (QED) is 0.825. The maximum Gasteiger partial charge on any atom is 0.387 e. The number of alkyl halides is 2. The summed E-state index contributed by atoms with van der Waals surface area (Å²) in [6, 6.07) is 5.31. The van der Waals surface area contributed by atoms with Gasteiger partial charge in [0.05, 0.1) is 7.11 Å². The van der Waals surface area contributed by atoms with Crippen LogP contribution in [0.3, 0.4) is 0 Å². The largest absolute Gasteiger partial charge is 0.493 e. The Bertz CT molecular complexity index is 420. The first-order valence-electron chi connectivity index (χ1n) is 6.05. The molecule has 0 atom stereocenters. The SMILES string of the molecule is COc1ccc(C=CCNC(C)C)cc1OC(F)F. The number of benzene rings is 1. The molecule has 0 amide bonds. The van der Waals surface area contributed by atoms with Gasteiger partial charge in [0.2, 0.25) is 0 Å². The molecule has 0 heterocycles. The van der Waals surface area contributed by atoms with Gasteiger partial charge in [0.1, 0.15) is 0 Å². The van der Waals surface area contributed by atoms with E-state index in [1.165, 1.54) is 13.2 Å². The third kappa shape index (κ3) is 5.70. The number of methoxy groups -OCH3 is 1. The highest BCUT2D eigenvalue weighted by atomic mass is 19.3. The van der Waals surface area contributed by atoms with E-state index in [4.69, 9.17) is 4.74 Å². The summed E-state index contributed by atoms with van der Waals surface area (Å²) in [5.74, 6) is 0.328. The van der Waals surface area contributed by atoms with Crippen molar-refractivity contribution in [1.29, 1.82) is 0 Å². The standard InChI is InChI=1S/C14H19F2NO2/c1-10(2)17-8-4-5-11-6-7-12(18-3)13(9-11)19-14(15)16/h4-7,9-10,14,17H,8H2,1-3H3. The molecule has 0 saturated carbocycles. The van der Waals surface area contributed by atoms with Crippen molar-refractivity contribution in [3.8, 4) is 11.5 Å². The van der Waals surface area contributed by atoms with Gasteiger partial charge in [0.25, 0.3) is 0 Å². The Morgan fingerprint density at radius 3 is 2.58 bits per heavy atom. The lowest BCUT2D eigenvalue weighted by Gasteiger charge is -2.10. The molecule has 0 aliphatic carbocycles. The highest BCUT2D eigenvalue weighted by Crippen LogP contribution is 2.29. The molecule has 0 aliphatic heterocycles. The normalized spacial score (nSPS) is 11.5. The first kappa shape index (κ1) is 15.4. The lowest BCUT2D eigenvalue weighted by atomic mass is 10.2. The summed E-state index contributed by atoms with van der Waals surface area (Å²) in [4.78, 5) is 0. The minimum atomic E-state index is -2.87. The molecular weight excluding hydrogens is 252 g/mol. The fraction of sp³-hybridized carbons (Fsp3) is 0.429. The van der Waals surface area contributed by atoms with Gasteiger partial charge in [-0.1, -0.05) is 32.1 Å². The second-order valence-corrected chi connectivity index (χ2v) is 4.25. The smallest absolute Gasteiger partial charge is 0.387 e. The first-order chi connectivity index (χ1) is 9.02. The molecule has 1 aromatic carbocycles. The van der Waals surface area contributed by atoms with E-state index in [-0.39, 0.29) is 11.5 Å². The van der Waals surface area contributed by atoms with E-state index >= 15 is 0 Å². The average Bonchev–Trinajstić information content (AvgIpc) is 2.34. The predicted molar refractivity (Wildman–Crippen MR) is 71.8 cm³/mol. The highest BCUT2D eigenvalue weighted by Gasteiger charge is 2.10. The summed E-state index contributed by atoms with van der Waals surface area (Å²) < 4.78 is 33.9. The van der Waals surface area contributed by atoms with Crippen molar-refractivity contribution in [3.05, 3.63) is 29.8 Å². The zero-order valence-electron chi connectivity index (χ0n) is 11.3. The zero-order chi connectivity index (χ0) is 14.3. The van der Waals surface area contributed by atoms with Crippen LogP contribution in [0.1, 0.15) is 19.4 Å². The van der Waals surface area contributed by atoms with Crippen molar-refractivity contribution < 1.29 is 18.3 Å². The lowest BCUT2D eigenvalue weighted by Crippen LogP contribution is -2.22. The molecule has 5 heteroatoms. The Kier molecular flexibility index (Phi) is 6.29. The lowest BCUT2D eigenvalue weighted by molar-refractivity contribution is -0.0512. The minimum Gasteiger partial charge on any atom is -0.493 e. The Balaban J connectivity index is 2.74. The van der Waals surface area contributed by atoms with Crippen molar-refractivity contribution >= 4 is 6.08 Å². The summed E-state index contributed by atoms with van der Waals surface area (Å²) in [6.07, 6.45) is 3.76. The fourth-order valence-electron chi connectivity index (χ4n) is 1.48. The van der Waals surface area contributed by atoms with Gasteiger partial charge in [-0.2, -0.15) is 8.78 Å². The second-order valence-electron chi connectivity index (χ2n) is 4.25. The summed E-state index contributed by atoms with van der Waals surface area (Å²) in [5, 5.41) is 3.22. The molecule has 3 nitrogen and oxygen atoms in total. The molecule has 0 fully saturated rings. The van der Waals surface area contributed by atoms with E-state index in [2.05, 4.69) is 23.9 Å². The van der Waals surface area contributed by atoms with Crippen LogP contribution in [0.15, 0.2) is 24.3 Å². The molecule has 0 bridgehead atoms. The predicted octanol–water partition coefficient (Wildman–Crippen LogP) is 3.31. The van der Waals surface area contributed by atoms with Crippen LogP contribution in [-0.4, -0.2) is 26.3 Å². The topological polar surface area (TPSA) is 30.5 Å². The molecule has 106 valence electrons. The number of halogens is 2. The second kappa shape index (κ2) is 7.74. The molecule has 19 heavy (non-hydrogen) atoms. The van der Waals surface area contributed by atoms with Crippen LogP contribution in [-0.2, 0) is 0 Å². The molecule has 0 spiro atoms. The maximum absolute atomic E-state index is 12.3. The van der Waals surface area contributed by atoms with E-state index in [0.717, 1.165) is 5.56 Å². The molecule has 0 aromatic heterocycles.